The zero-order valence-corrected chi connectivity index (χ0v) is 8.61. The van der Waals surface area contributed by atoms with Crippen LogP contribution in [-0.4, -0.2) is 18.7 Å². The Hall–Kier alpha value is -1.28. The second-order valence-electron chi connectivity index (χ2n) is 3.29. The standard InChI is InChI=1S/C12H17NO/c1-3-4-9-13(2)12-8-6-5-7-11(12)10-14/h3,5-8,14H,1,4,9-10H2,2H3. The SMILES string of the molecule is C=CCCN(C)c1ccccc1CO. The van der Waals surface area contributed by atoms with Crippen molar-refractivity contribution in [1.29, 1.82) is 0 Å². The van der Waals surface area contributed by atoms with Crippen molar-refractivity contribution in [3.8, 4) is 0 Å². The largest absolute Gasteiger partial charge is 0.392 e. The number of anilines is 1. The van der Waals surface area contributed by atoms with Gasteiger partial charge in [-0.05, 0) is 12.5 Å². The van der Waals surface area contributed by atoms with Crippen LogP contribution in [0.15, 0.2) is 36.9 Å². The molecule has 1 rings (SSSR count). The summed E-state index contributed by atoms with van der Waals surface area (Å²) in [5, 5.41) is 9.15. The van der Waals surface area contributed by atoms with Gasteiger partial charge in [-0.25, -0.2) is 0 Å². The van der Waals surface area contributed by atoms with Crippen LogP contribution in [0.3, 0.4) is 0 Å². The van der Waals surface area contributed by atoms with Crippen LogP contribution in [0.5, 0.6) is 0 Å². The summed E-state index contributed by atoms with van der Waals surface area (Å²) in [5.74, 6) is 0. The number of para-hydroxylation sites is 1. The van der Waals surface area contributed by atoms with Gasteiger partial charge in [0.15, 0.2) is 0 Å². The van der Waals surface area contributed by atoms with Gasteiger partial charge in [0.1, 0.15) is 0 Å². The summed E-state index contributed by atoms with van der Waals surface area (Å²) in [6.45, 7) is 4.72. The number of hydrogen-bond donors (Lipinski definition) is 1. The highest BCUT2D eigenvalue weighted by Crippen LogP contribution is 2.18. The maximum absolute atomic E-state index is 9.15. The third-order valence-corrected chi connectivity index (χ3v) is 2.24. The Morgan fingerprint density at radius 1 is 1.43 bits per heavy atom. The minimum atomic E-state index is 0.0919. The molecular formula is C12H17NO. The van der Waals surface area contributed by atoms with E-state index < -0.39 is 0 Å². The van der Waals surface area contributed by atoms with E-state index in [-0.39, 0.29) is 6.61 Å². The van der Waals surface area contributed by atoms with Gasteiger partial charge in [-0.1, -0.05) is 24.3 Å². The van der Waals surface area contributed by atoms with Gasteiger partial charge in [-0.3, -0.25) is 0 Å². The van der Waals surface area contributed by atoms with Crippen molar-refractivity contribution < 1.29 is 5.11 Å². The van der Waals surface area contributed by atoms with E-state index in [1.54, 1.807) is 0 Å². The first-order valence-corrected chi connectivity index (χ1v) is 4.80. The molecule has 0 aromatic heterocycles. The molecule has 1 aromatic carbocycles. The zero-order valence-electron chi connectivity index (χ0n) is 8.61. The lowest BCUT2D eigenvalue weighted by Gasteiger charge is -2.21. The molecule has 1 aromatic rings. The topological polar surface area (TPSA) is 23.5 Å². The summed E-state index contributed by atoms with van der Waals surface area (Å²) in [7, 11) is 2.03. The van der Waals surface area contributed by atoms with Crippen LogP contribution < -0.4 is 4.90 Å². The number of hydrogen-bond acceptors (Lipinski definition) is 2. The Kier molecular flexibility index (Phi) is 4.20. The zero-order chi connectivity index (χ0) is 10.4. The van der Waals surface area contributed by atoms with Crippen LogP contribution in [0.25, 0.3) is 0 Å². The molecule has 0 heterocycles. The molecule has 0 atom stereocenters. The number of rotatable bonds is 5. The van der Waals surface area contributed by atoms with Crippen LogP contribution in [0, 0.1) is 0 Å². The molecule has 0 saturated heterocycles. The van der Waals surface area contributed by atoms with Gasteiger partial charge in [-0.15, -0.1) is 6.58 Å². The van der Waals surface area contributed by atoms with Gasteiger partial charge < -0.3 is 10.0 Å². The summed E-state index contributed by atoms with van der Waals surface area (Å²) in [6, 6.07) is 7.89. The van der Waals surface area contributed by atoms with E-state index in [9.17, 15) is 0 Å². The molecule has 0 fully saturated rings. The number of nitrogens with zero attached hydrogens (tertiary/aromatic N) is 1. The molecule has 0 bridgehead atoms. The summed E-state index contributed by atoms with van der Waals surface area (Å²) in [5.41, 5.74) is 2.07. The molecule has 0 aliphatic carbocycles. The second kappa shape index (κ2) is 5.45. The molecule has 0 radical (unpaired) electrons. The first-order valence-electron chi connectivity index (χ1n) is 4.80. The van der Waals surface area contributed by atoms with E-state index >= 15 is 0 Å². The van der Waals surface area contributed by atoms with Crippen molar-refractivity contribution >= 4 is 5.69 Å². The van der Waals surface area contributed by atoms with E-state index in [0.717, 1.165) is 24.2 Å². The highest BCUT2D eigenvalue weighted by molar-refractivity contribution is 5.52. The molecule has 1 N–H and O–H groups in total. The molecular weight excluding hydrogens is 174 g/mol. The van der Waals surface area contributed by atoms with Crippen molar-refractivity contribution in [3.63, 3.8) is 0 Å². The second-order valence-corrected chi connectivity index (χ2v) is 3.29. The fourth-order valence-electron chi connectivity index (χ4n) is 1.42. The minimum absolute atomic E-state index is 0.0919. The minimum Gasteiger partial charge on any atom is -0.392 e. The van der Waals surface area contributed by atoms with Crippen LogP contribution in [0.2, 0.25) is 0 Å². The van der Waals surface area contributed by atoms with Crippen LogP contribution in [-0.2, 0) is 6.61 Å². The van der Waals surface area contributed by atoms with Crippen LogP contribution in [0.4, 0.5) is 5.69 Å². The fourth-order valence-corrected chi connectivity index (χ4v) is 1.42. The van der Waals surface area contributed by atoms with Crippen molar-refractivity contribution in [2.45, 2.75) is 13.0 Å². The van der Waals surface area contributed by atoms with Gasteiger partial charge >= 0.3 is 0 Å². The molecule has 0 unspecified atom stereocenters. The maximum Gasteiger partial charge on any atom is 0.0702 e. The molecule has 0 aliphatic heterocycles. The van der Waals surface area contributed by atoms with Crippen molar-refractivity contribution in [3.05, 3.63) is 42.5 Å². The molecule has 0 saturated carbocycles. The Morgan fingerprint density at radius 2 is 2.14 bits per heavy atom. The van der Waals surface area contributed by atoms with Crippen molar-refractivity contribution in [2.24, 2.45) is 0 Å². The molecule has 0 spiro atoms. The van der Waals surface area contributed by atoms with Crippen LogP contribution >= 0.6 is 0 Å². The predicted molar refractivity (Wildman–Crippen MR) is 60.4 cm³/mol. The molecule has 0 aliphatic rings. The van der Waals surface area contributed by atoms with Gasteiger partial charge in [-0.2, -0.15) is 0 Å². The number of benzene rings is 1. The molecule has 0 amide bonds. The highest BCUT2D eigenvalue weighted by Gasteiger charge is 2.04. The highest BCUT2D eigenvalue weighted by atomic mass is 16.3. The molecule has 2 heteroatoms. The first-order chi connectivity index (χ1) is 6.79. The van der Waals surface area contributed by atoms with E-state index in [1.807, 2.05) is 37.4 Å². The van der Waals surface area contributed by atoms with E-state index in [0.29, 0.717) is 0 Å². The summed E-state index contributed by atoms with van der Waals surface area (Å²) in [4.78, 5) is 2.13. The Bertz CT molecular complexity index is 296. The smallest absolute Gasteiger partial charge is 0.0702 e. The van der Waals surface area contributed by atoms with Gasteiger partial charge in [0, 0.05) is 24.8 Å². The Labute approximate surface area is 85.5 Å². The Balaban J connectivity index is 2.77. The van der Waals surface area contributed by atoms with E-state index in [4.69, 9.17) is 5.11 Å². The fraction of sp³-hybridized carbons (Fsp3) is 0.333. The van der Waals surface area contributed by atoms with E-state index in [1.165, 1.54) is 0 Å². The van der Waals surface area contributed by atoms with Gasteiger partial charge in [0.25, 0.3) is 0 Å². The molecule has 76 valence electrons. The quantitative estimate of drug-likeness (QED) is 0.721. The van der Waals surface area contributed by atoms with Crippen molar-refractivity contribution in [2.75, 3.05) is 18.5 Å². The summed E-state index contributed by atoms with van der Waals surface area (Å²) >= 11 is 0. The molecule has 2 nitrogen and oxygen atoms in total. The lowest BCUT2D eigenvalue weighted by molar-refractivity contribution is 0.282. The summed E-state index contributed by atoms with van der Waals surface area (Å²) < 4.78 is 0. The van der Waals surface area contributed by atoms with Crippen LogP contribution in [0.1, 0.15) is 12.0 Å². The van der Waals surface area contributed by atoms with E-state index in [2.05, 4.69) is 11.5 Å². The third-order valence-electron chi connectivity index (χ3n) is 2.24. The average molecular weight is 191 g/mol. The van der Waals surface area contributed by atoms with Gasteiger partial charge in [0.05, 0.1) is 6.61 Å². The average Bonchev–Trinajstić information content (AvgIpc) is 2.25. The third kappa shape index (κ3) is 2.60. The summed E-state index contributed by atoms with van der Waals surface area (Å²) in [6.07, 6.45) is 2.86. The molecule has 14 heavy (non-hydrogen) atoms. The van der Waals surface area contributed by atoms with Crippen molar-refractivity contribution in [1.82, 2.24) is 0 Å². The predicted octanol–water partition coefficient (Wildman–Crippen LogP) is 2.19. The Morgan fingerprint density at radius 3 is 2.79 bits per heavy atom. The first kappa shape index (κ1) is 10.8. The normalized spacial score (nSPS) is 9.86. The lowest BCUT2D eigenvalue weighted by Crippen LogP contribution is -2.19. The monoisotopic (exact) mass is 191 g/mol. The van der Waals surface area contributed by atoms with Gasteiger partial charge in [0.2, 0.25) is 0 Å². The number of aliphatic hydroxyl groups is 1. The lowest BCUT2D eigenvalue weighted by atomic mass is 10.1. The maximum atomic E-state index is 9.15. The number of aliphatic hydroxyl groups excluding tert-OH is 1.